The van der Waals surface area contributed by atoms with Gasteiger partial charge in [0.1, 0.15) is 5.75 Å². The van der Waals surface area contributed by atoms with Crippen LogP contribution in [0.15, 0.2) is 18.2 Å². The van der Waals surface area contributed by atoms with Gasteiger partial charge < -0.3 is 9.57 Å². The molecule has 1 heterocycles. The fourth-order valence-electron chi connectivity index (χ4n) is 1.63. The first kappa shape index (κ1) is 9.77. The molecule has 1 aromatic carbocycles. The SMILES string of the molecule is CONC1CCOc2ccc(Cl)cc21. The first-order valence-corrected chi connectivity index (χ1v) is 4.90. The minimum Gasteiger partial charge on any atom is -0.493 e. The van der Waals surface area contributed by atoms with Gasteiger partial charge in [-0.2, -0.15) is 5.48 Å². The number of ether oxygens (including phenoxy) is 1. The molecule has 3 nitrogen and oxygen atoms in total. The Hall–Kier alpha value is -0.770. The highest BCUT2D eigenvalue weighted by atomic mass is 35.5. The van der Waals surface area contributed by atoms with Crippen LogP contribution in [0.2, 0.25) is 5.02 Å². The van der Waals surface area contributed by atoms with E-state index in [1.54, 1.807) is 7.11 Å². The van der Waals surface area contributed by atoms with Crippen molar-refractivity contribution in [2.75, 3.05) is 13.7 Å². The van der Waals surface area contributed by atoms with Crippen molar-refractivity contribution in [3.05, 3.63) is 28.8 Å². The Labute approximate surface area is 87.9 Å². The molecule has 0 aromatic heterocycles. The van der Waals surface area contributed by atoms with Crippen LogP contribution in [0.4, 0.5) is 0 Å². The van der Waals surface area contributed by atoms with Crippen molar-refractivity contribution in [2.45, 2.75) is 12.5 Å². The molecule has 1 aliphatic rings. The summed E-state index contributed by atoms with van der Waals surface area (Å²) in [6.07, 6.45) is 0.890. The highest BCUT2D eigenvalue weighted by molar-refractivity contribution is 6.30. The lowest BCUT2D eigenvalue weighted by Gasteiger charge is -2.25. The highest BCUT2D eigenvalue weighted by Gasteiger charge is 2.21. The molecule has 2 rings (SSSR count). The van der Waals surface area contributed by atoms with Gasteiger partial charge in [0.25, 0.3) is 0 Å². The number of rotatable bonds is 2. The third-order valence-electron chi connectivity index (χ3n) is 2.27. The Bertz CT molecular complexity index is 330. The van der Waals surface area contributed by atoms with Crippen LogP contribution in [0.3, 0.4) is 0 Å². The second-order valence-electron chi connectivity index (χ2n) is 3.19. The molecule has 14 heavy (non-hydrogen) atoms. The van der Waals surface area contributed by atoms with Gasteiger partial charge in [0, 0.05) is 17.0 Å². The number of benzene rings is 1. The molecule has 0 amide bonds. The summed E-state index contributed by atoms with van der Waals surface area (Å²) < 4.78 is 5.50. The monoisotopic (exact) mass is 213 g/mol. The number of nitrogens with one attached hydrogen (secondary N) is 1. The zero-order chi connectivity index (χ0) is 9.97. The van der Waals surface area contributed by atoms with E-state index in [1.807, 2.05) is 18.2 Å². The average molecular weight is 214 g/mol. The van der Waals surface area contributed by atoms with Crippen LogP contribution in [-0.2, 0) is 4.84 Å². The molecule has 1 aliphatic heterocycles. The normalized spacial score (nSPS) is 20.0. The molecule has 4 heteroatoms. The number of hydrogen-bond acceptors (Lipinski definition) is 3. The number of hydrogen-bond donors (Lipinski definition) is 1. The van der Waals surface area contributed by atoms with E-state index in [2.05, 4.69) is 5.48 Å². The van der Waals surface area contributed by atoms with Crippen LogP contribution in [0.25, 0.3) is 0 Å². The molecule has 0 fully saturated rings. The Kier molecular flexibility index (Phi) is 2.91. The van der Waals surface area contributed by atoms with E-state index >= 15 is 0 Å². The van der Waals surface area contributed by atoms with Crippen molar-refractivity contribution in [2.24, 2.45) is 0 Å². The second kappa shape index (κ2) is 4.17. The summed E-state index contributed by atoms with van der Waals surface area (Å²) >= 11 is 5.92. The average Bonchev–Trinajstić information content (AvgIpc) is 2.19. The molecule has 1 N–H and O–H groups in total. The second-order valence-corrected chi connectivity index (χ2v) is 3.63. The fourth-order valence-corrected chi connectivity index (χ4v) is 1.81. The van der Waals surface area contributed by atoms with Crippen LogP contribution in [0.1, 0.15) is 18.0 Å². The lowest BCUT2D eigenvalue weighted by molar-refractivity contribution is 0.0463. The summed E-state index contributed by atoms with van der Waals surface area (Å²) in [7, 11) is 1.61. The molecular weight excluding hydrogens is 202 g/mol. The highest BCUT2D eigenvalue weighted by Crippen LogP contribution is 2.33. The third kappa shape index (κ3) is 1.85. The van der Waals surface area contributed by atoms with E-state index in [1.165, 1.54) is 0 Å². The van der Waals surface area contributed by atoms with Gasteiger partial charge in [-0.25, -0.2) is 0 Å². The summed E-state index contributed by atoms with van der Waals surface area (Å²) in [4.78, 5) is 4.93. The van der Waals surface area contributed by atoms with Crippen LogP contribution in [0, 0.1) is 0 Å². The molecular formula is C10H12ClNO2. The molecule has 0 bridgehead atoms. The maximum absolute atomic E-state index is 5.92. The topological polar surface area (TPSA) is 30.5 Å². The summed E-state index contributed by atoms with van der Waals surface area (Å²) in [5.41, 5.74) is 3.99. The number of halogens is 1. The van der Waals surface area contributed by atoms with Gasteiger partial charge >= 0.3 is 0 Å². The summed E-state index contributed by atoms with van der Waals surface area (Å²) in [5, 5.41) is 0.720. The van der Waals surface area contributed by atoms with Gasteiger partial charge in [-0.1, -0.05) is 11.6 Å². The maximum Gasteiger partial charge on any atom is 0.124 e. The Morgan fingerprint density at radius 1 is 1.57 bits per heavy atom. The molecule has 1 unspecified atom stereocenters. The van der Waals surface area contributed by atoms with Crippen LogP contribution in [-0.4, -0.2) is 13.7 Å². The molecule has 76 valence electrons. The fraction of sp³-hybridized carbons (Fsp3) is 0.400. The number of hydroxylamine groups is 1. The molecule has 1 aromatic rings. The molecule has 1 atom stereocenters. The predicted molar refractivity (Wildman–Crippen MR) is 54.4 cm³/mol. The van der Waals surface area contributed by atoms with E-state index < -0.39 is 0 Å². The van der Waals surface area contributed by atoms with E-state index in [9.17, 15) is 0 Å². The lowest BCUT2D eigenvalue weighted by Crippen LogP contribution is -2.26. The summed E-state index contributed by atoms with van der Waals surface area (Å²) in [5.74, 6) is 0.884. The van der Waals surface area contributed by atoms with E-state index in [-0.39, 0.29) is 6.04 Å². The van der Waals surface area contributed by atoms with Crippen LogP contribution >= 0.6 is 11.6 Å². The third-order valence-corrected chi connectivity index (χ3v) is 2.51. The van der Waals surface area contributed by atoms with Crippen molar-refractivity contribution in [3.63, 3.8) is 0 Å². The Morgan fingerprint density at radius 3 is 3.21 bits per heavy atom. The molecule has 0 saturated heterocycles. The molecule has 0 spiro atoms. The van der Waals surface area contributed by atoms with Gasteiger partial charge in [-0.15, -0.1) is 0 Å². The van der Waals surface area contributed by atoms with Crippen LogP contribution in [0.5, 0.6) is 5.75 Å². The lowest BCUT2D eigenvalue weighted by atomic mass is 10.0. The Balaban J connectivity index is 2.32. The summed E-state index contributed by atoms with van der Waals surface area (Å²) in [6, 6.07) is 5.80. The van der Waals surface area contributed by atoms with Gasteiger partial charge in [-0.3, -0.25) is 0 Å². The van der Waals surface area contributed by atoms with Gasteiger partial charge in [0.15, 0.2) is 0 Å². The quantitative estimate of drug-likeness (QED) is 0.765. The number of fused-ring (bicyclic) bond motifs is 1. The van der Waals surface area contributed by atoms with Crippen LogP contribution < -0.4 is 10.2 Å². The smallest absolute Gasteiger partial charge is 0.124 e. The molecule has 0 radical (unpaired) electrons. The van der Waals surface area contributed by atoms with Crippen molar-refractivity contribution in [1.82, 2.24) is 5.48 Å². The van der Waals surface area contributed by atoms with Gasteiger partial charge in [-0.05, 0) is 18.2 Å². The molecule has 0 saturated carbocycles. The first-order chi connectivity index (χ1) is 6.81. The zero-order valence-corrected chi connectivity index (χ0v) is 8.67. The standard InChI is InChI=1S/C10H12ClNO2/c1-13-12-9-4-5-14-10-3-2-7(11)6-8(9)10/h2-3,6,9,12H,4-5H2,1H3. The van der Waals surface area contributed by atoms with Crippen molar-refractivity contribution in [3.8, 4) is 5.75 Å². The van der Waals surface area contributed by atoms with E-state index in [0.717, 1.165) is 22.8 Å². The van der Waals surface area contributed by atoms with Crippen molar-refractivity contribution in [1.29, 1.82) is 0 Å². The van der Waals surface area contributed by atoms with Crippen molar-refractivity contribution >= 4 is 11.6 Å². The Morgan fingerprint density at radius 2 is 2.43 bits per heavy atom. The predicted octanol–water partition coefficient (Wildman–Crippen LogP) is 2.31. The minimum absolute atomic E-state index is 0.169. The zero-order valence-electron chi connectivity index (χ0n) is 7.92. The van der Waals surface area contributed by atoms with Gasteiger partial charge in [0.05, 0.1) is 19.8 Å². The maximum atomic E-state index is 5.92. The molecule has 0 aliphatic carbocycles. The largest absolute Gasteiger partial charge is 0.493 e. The van der Waals surface area contributed by atoms with Gasteiger partial charge in [0.2, 0.25) is 0 Å². The minimum atomic E-state index is 0.169. The van der Waals surface area contributed by atoms with E-state index in [0.29, 0.717) is 6.61 Å². The first-order valence-electron chi connectivity index (χ1n) is 4.52. The van der Waals surface area contributed by atoms with Crippen molar-refractivity contribution < 1.29 is 9.57 Å². The summed E-state index contributed by atoms with van der Waals surface area (Å²) in [6.45, 7) is 0.704. The van der Waals surface area contributed by atoms with E-state index in [4.69, 9.17) is 21.2 Å².